The van der Waals surface area contributed by atoms with Crippen molar-refractivity contribution in [2.75, 3.05) is 10.0 Å². The van der Waals surface area contributed by atoms with Gasteiger partial charge in [0.05, 0.1) is 10.6 Å². The van der Waals surface area contributed by atoms with E-state index in [1.807, 2.05) is 32.9 Å². The van der Waals surface area contributed by atoms with E-state index >= 15 is 0 Å². The Labute approximate surface area is 193 Å². The molecule has 0 saturated carbocycles. The molecule has 168 valence electrons. The molecule has 0 bridgehead atoms. The molecular weight excluding hydrogens is 448 g/mol. The molecule has 3 aromatic rings. The number of ether oxygens (including phenoxy) is 1. The van der Waals surface area contributed by atoms with Crippen LogP contribution in [0.3, 0.4) is 0 Å². The zero-order chi connectivity index (χ0) is 23.3. The summed E-state index contributed by atoms with van der Waals surface area (Å²) in [5.41, 5.74) is 2.88. The molecule has 0 aliphatic carbocycles. The van der Waals surface area contributed by atoms with Crippen LogP contribution in [0.25, 0.3) is 0 Å². The predicted octanol–water partition coefficient (Wildman–Crippen LogP) is 5.55. The number of aryl methyl sites for hydroxylation is 2. The minimum atomic E-state index is -3.76. The van der Waals surface area contributed by atoms with Crippen molar-refractivity contribution in [2.45, 2.75) is 38.2 Å². The van der Waals surface area contributed by atoms with Gasteiger partial charge >= 0.3 is 0 Å². The number of amides is 1. The number of rotatable bonds is 8. The zero-order valence-corrected chi connectivity index (χ0v) is 19.6. The number of hydrogen-bond donors (Lipinski definition) is 2. The molecule has 32 heavy (non-hydrogen) atoms. The van der Waals surface area contributed by atoms with Crippen molar-refractivity contribution in [3.8, 4) is 5.75 Å². The summed E-state index contributed by atoms with van der Waals surface area (Å²) in [6.45, 7) is 5.63. The van der Waals surface area contributed by atoms with Crippen molar-refractivity contribution >= 4 is 38.9 Å². The Hall–Kier alpha value is -3.03. The van der Waals surface area contributed by atoms with Crippen LogP contribution < -0.4 is 14.8 Å². The van der Waals surface area contributed by atoms with E-state index in [9.17, 15) is 13.2 Å². The molecule has 3 aromatic carbocycles. The Morgan fingerprint density at radius 2 is 1.75 bits per heavy atom. The second kappa shape index (κ2) is 10.1. The lowest BCUT2D eigenvalue weighted by atomic mass is 10.1. The van der Waals surface area contributed by atoms with E-state index in [0.717, 1.165) is 11.1 Å². The quantitative estimate of drug-likeness (QED) is 0.450. The van der Waals surface area contributed by atoms with Gasteiger partial charge in [0.25, 0.3) is 15.9 Å². The fourth-order valence-electron chi connectivity index (χ4n) is 3.10. The third-order valence-electron chi connectivity index (χ3n) is 4.80. The van der Waals surface area contributed by atoms with Gasteiger partial charge in [0.1, 0.15) is 5.75 Å². The number of benzene rings is 3. The maximum absolute atomic E-state index is 12.7. The molecule has 0 fully saturated rings. The Kier molecular flexibility index (Phi) is 7.43. The first-order valence-electron chi connectivity index (χ1n) is 10.1. The summed E-state index contributed by atoms with van der Waals surface area (Å²) in [5.74, 6) is 0.162. The van der Waals surface area contributed by atoms with Gasteiger partial charge in [0, 0.05) is 10.7 Å². The molecular formula is C24H25ClN2O4S. The van der Waals surface area contributed by atoms with Crippen molar-refractivity contribution < 1.29 is 17.9 Å². The molecule has 0 aliphatic rings. The standard InChI is InChI=1S/C24H25ClN2O4S/c1-4-23(31-20-7-5-6-18(25)15-20)24(28)26-19-9-11-21(12-10-19)32(29,30)27-22-13-8-16(2)14-17(22)3/h5-15,23,27H,4H2,1-3H3,(H,26,28)/t23-/m0/s1. The number of anilines is 2. The third kappa shape index (κ3) is 6.02. The Morgan fingerprint density at radius 1 is 1.03 bits per heavy atom. The van der Waals surface area contributed by atoms with Gasteiger partial charge in [0.15, 0.2) is 6.10 Å². The lowest BCUT2D eigenvalue weighted by Gasteiger charge is -2.17. The summed E-state index contributed by atoms with van der Waals surface area (Å²) in [7, 11) is -3.76. The van der Waals surface area contributed by atoms with Gasteiger partial charge in [-0.3, -0.25) is 9.52 Å². The van der Waals surface area contributed by atoms with Crippen molar-refractivity contribution in [1.29, 1.82) is 0 Å². The zero-order valence-electron chi connectivity index (χ0n) is 18.1. The van der Waals surface area contributed by atoms with Crippen LogP contribution in [-0.4, -0.2) is 20.4 Å². The predicted molar refractivity (Wildman–Crippen MR) is 128 cm³/mol. The van der Waals surface area contributed by atoms with E-state index in [2.05, 4.69) is 10.0 Å². The molecule has 0 radical (unpaired) electrons. The number of halogens is 1. The van der Waals surface area contributed by atoms with Gasteiger partial charge in [-0.1, -0.05) is 42.3 Å². The topological polar surface area (TPSA) is 84.5 Å². The molecule has 1 atom stereocenters. The van der Waals surface area contributed by atoms with E-state index < -0.39 is 16.1 Å². The van der Waals surface area contributed by atoms with Gasteiger partial charge in [0.2, 0.25) is 0 Å². The normalized spacial score (nSPS) is 12.1. The molecule has 3 rings (SSSR count). The summed E-state index contributed by atoms with van der Waals surface area (Å²) in [6, 6.07) is 18.3. The monoisotopic (exact) mass is 472 g/mol. The second-order valence-electron chi connectivity index (χ2n) is 7.41. The molecule has 0 aliphatic heterocycles. The lowest BCUT2D eigenvalue weighted by molar-refractivity contribution is -0.122. The van der Waals surface area contributed by atoms with Gasteiger partial charge in [-0.05, 0) is 74.4 Å². The highest BCUT2D eigenvalue weighted by Gasteiger charge is 2.20. The van der Waals surface area contributed by atoms with Gasteiger partial charge < -0.3 is 10.1 Å². The lowest BCUT2D eigenvalue weighted by Crippen LogP contribution is -2.32. The van der Waals surface area contributed by atoms with E-state index in [1.165, 1.54) is 12.1 Å². The van der Waals surface area contributed by atoms with Crippen LogP contribution in [0.1, 0.15) is 24.5 Å². The summed E-state index contributed by atoms with van der Waals surface area (Å²) < 4.78 is 33.8. The first-order chi connectivity index (χ1) is 15.2. The highest BCUT2D eigenvalue weighted by molar-refractivity contribution is 7.92. The number of sulfonamides is 1. The molecule has 0 unspecified atom stereocenters. The maximum atomic E-state index is 12.7. The van der Waals surface area contributed by atoms with Crippen molar-refractivity contribution in [2.24, 2.45) is 0 Å². The maximum Gasteiger partial charge on any atom is 0.265 e. The smallest absolute Gasteiger partial charge is 0.265 e. The Bertz CT molecular complexity index is 1210. The molecule has 8 heteroatoms. The van der Waals surface area contributed by atoms with Gasteiger partial charge in [-0.2, -0.15) is 0 Å². The highest BCUT2D eigenvalue weighted by Crippen LogP contribution is 2.23. The SMILES string of the molecule is CC[C@H](Oc1cccc(Cl)c1)C(=O)Nc1ccc(S(=O)(=O)Nc2ccc(C)cc2C)cc1. The van der Waals surface area contributed by atoms with Crippen LogP contribution in [0.15, 0.2) is 71.6 Å². The van der Waals surface area contributed by atoms with E-state index in [0.29, 0.717) is 28.6 Å². The van der Waals surface area contributed by atoms with Crippen LogP contribution in [-0.2, 0) is 14.8 Å². The molecule has 6 nitrogen and oxygen atoms in total. The van der Waals surface area contributed by atoms with Crippen molar-refractivity contribution in [1.82, 2.24) is 0 Å². The molecule has 1 amide bonds. The van der Waals surface area contributed by atoms with E-state index in [1.54, 1.807) is 42.5 Å². The largest absolute Gasteiger partial charge is 0.481 e. The molecule has 0 spiro atoms. The van der Waals surface area contributed by atoms with Gasteiger partial charge in [-0.25, -0.2) is 8.42 Å². The van der Waals surface area contributed by atoms with E-state index in [-0.39, 0.29) is 10.8 Å². The van der Waals surface area contributed by atoms with Crippen LogP contribution >= 0.6 is 11.6 Å². The number of carbonyl (C=O) groups excluding carboxylic acids is 1. The number of carbonyl (C=O) groups is 1. The first-order valence-corrected chi connectivity index (χ1v) is 12.0. The van der Waals surface area contributed by atoms with E-state index in [4.69, 9.17) is 16.3 Å². The van der Waals surface area contributed by atoms with Crippen LogP contribution in [0, 0.1) is 13.8 Å². The fourth-order valence-corrected chi connectivity index (χ4v) is 4.41. The summed E-state index contributed by atoms with van der Waals surface area (Å²) >= 11 is 5.96. The number of nitrogens with one attached hydrogen (secondary N) is 2. The van der Waals surface area contributed by atoms with Crippen LogP contribution in [0.2, 0.25) is 5.02 Å². The molecule has 2 N–H and O–H groups in total. The minimum absolute atomic E-state index is 0.0951. The fraction of sp³-hybridized carbons (Fsp3) is 0.208. The summed E-state index contributed by atoms with van der Waals surface area (Å²) in [6.07, 6.45) is -0.270. The number of hydrogen-bond acceptors (Lipinski definition) is 4. The van der Waals surface area contributed by atoms with Gasteiger partial charge in [-0.15, -0.1) is 0 Å². The second-order valence-corrected chi connectivity index (χ2v) is 9.53. The molecule has 0 heterocycles. The Morgan fingerprint density at radius 3 is 2.38 bits per heavy atom. The van der Waals surface area contributed by atoms with Crippen LogP contribution in [0.4, 0.5) is 11.4 Å². The molecule has 0 aromatic heterocycles. The van der Waals surface area contributed by atoms with Crippen molar-refractivity contribution in [3.63, 3.8) is 0 Å². The van der Waals surface area contributed by atoms with Crippen LogP contribution in [0.5, 0.6) is 5.75 Å². The average Bonchev–Trinajstić information content (AvgIpc) is 2.74. The minimum Gasteiger partial charge on any atom is -0.481 e. The summed E-state index contributed by atoms with van der Waals surface area (Å²) in [5, 5.41) is 3.28. The average molecular weight is 473 g/mol. The molecule has 0 saturated heterocycles. The highest BCUT2D eigenvalue weighted by atomic mass is 35.5. The van der Waals surface area contributed by atoms with Crippen molar-refractivity contribution in [3.05, 3.63) is 82.9 Å². The third-order valence-corrected chi connectivity index (χ3v) is 6.41. The summed E-state index contributed by atoms with van der Waals surface area (Å²) in [4.78, 5) is 12.7. The first kappa shape index (κ1) is 23.6. The Balaban J connectivity index is 1.68.